The van der Waals surface area contributed by atoms with Crippen molar-refractivity contribution in [3.8, 4) is 0 Å². The second-order valence-corrected chi connectivity index (χ2v) is 6.03. The van der Waals surface area contributed by atoms with Crippen LogP contribution in [0, 0.1) is 5.82 Å². The molecule has 26 heavy (non-hydrogen) atoms. The minimum Gasteiger partial charge on any atom is -0.466 e. The lowest BCUT2D eigenvalue weighted by Crippen LogP contribution is -2.03. The summed E-state index contributed by atoms with van der Waals surface area (Å²) in [7, 11) is 1.29. The number of fused-ring (bicyclic) bond motifs is 1. The lowest BCUT2D eigenvalue weighted by atomic mass is 10.1. The molecule has 7 heteroatoms. The fraction of sp³-hybridized carbons (Fsp3) is 0.158. The van der Waals surface area contributed by atoms with Crippen LogP contribution in [0.3, 0.4) is 0 Å². The van der Waals surface area contributed by atoms with Crippen LogP contribution in [0.15, 0.2) is 42.5 Å². The number of aromatic nitrogens is 2. The lowest BCUT2D eigenvalue weighted by Gasteiger charge is -2.07. The van der Waals surface area contributed by atoms with E-state index < -0.39 is 18.5 Å². The van der Waals surface area contributed by atoms with Gasteiger partial charge in [-0.25, -0.2) is 13.6 Å². The summed E-state index contributed by atoms with van der Waals surface area (Å²) in [5.74, 6) is -0.930. The largest absolute Gasteiger partial charge is 0.466 e. The number of carbonyl (C=O) groups excluding carboxylic acids is 1. The van der Waals surface area contributed by atoms with Crippen LogP contribution >= 0.6 is 11.6 Å². The van der Waals surface area contributed by atoms with E-state index in [2.05, 4.69) is 9.84 Å². The van der Waals surface area contributed by atoms with Crippen molar-refractivity contribution < 1.29 is 18.3 Å². The molecule has 0 bridgehead atoms. The first-order valence-electron chi connectivity index (χ1n) is 7.77. The number of hydrogen-bond acceptors (Lipinski definition) is 3. The van der Waals surface area contributed by atoms with Crippen LogP contribution in [0.2, 0.25) is 5.02 Å². The number of esters is 1. The fourth-order valence-corrected chi connectivity index (χ4v) is 2.83. The number of nitrogens with zero attached hydrogens (tertiary/aromatic N) is 2. The number of hydrogen-bond donors (Lipinski definition) is 0. The number of carbonyl (C=O) groups is 1. The minimum absolute atomic E-state index is 0.275. The number of methoxy groups -OCH3 is 1. The van der Waals surface area contributed by atoms with E-state index in [4.69, 9.17) is 11.6 Å². The number of ether oxygens (including phenoxy) is 1. The Bertz CT molecular complexity index is 999. The molecule has 0 fully saturated rings. The molecule has 3 aromatic rings. The molecule has 0 aliphatic rings. The first-order valence-corrected chi connectivity index (χ1v) is 8.15. The third-order valence-electron chi connectivity index (χ3n) is 3.91. The number of halogens is 3. The first-order chi connectivity index (χ1) is 12.5. The molecule has 0 aliphatic carbocycles. The van der Waals surface area contributed by atoms with Crippen molar-refractivity contribution in [2.75, 3.05) is 7.11 Å². The molecule has 3 rings (SSSR count). The van der Waals surface area contributed by atoms with E-state index in [9.17, 15) is 13.6 Å². The van der Waals surface area contributed by atoms with E-state index in [1.54, 1.807) is 28.9 Å². The van der Waals surface area contributed by atoms with Crippen LogP contribution in [-0.2, 0) is 22.8 Å². The van der Waals surface area contributed by atoms with Crippen molar-refractivity contribution in [1.29, 1.82) is 0 Å². The maximum Gasteiger partial charge on any atom is 0.330 e. The molecule has 0 aliphatic heterocycles. The summed E-state index contributed by atoms with van der Waals surface area (Å²) in [6.45, 7) is -0.330. The molecular weight excluding hydrogens is 362 g/mol. The fourth-order valence-electron chi connectivity index (χ4n) is 2.60. The lowest BCUT2D eigenvalue weighted by molar-refractivity contribution is -0.134. The van der Waals surface area contributed by atoms with Gasteiger partial charge in [0.25, 0.3) is 0 Å². The minimum atomic E-state index is -0.605. The van der Waals surface area contributed by atoms with Crippen molar-refractivity contribution in [1.82, 2.24) is 9.78 Å². The second-order valence-electron chi connectivity index (χ2n) is 5.62. The number of alkyl halides is 1. The number of benzene rings is 2. The van der Waals surface area contributed by atoms with Gasteiger partial charge in [0, 0.05) is 16.5 Å². The maximum absolute atomic E-state index is 13.3. The Morgan fingerprint density at radius 2 is 2.12 bits per heavy atom. The summed E-state index contributed by atoms with van der Waals surface area (Å²) in [5, 5.41) is 5.51. The Morgan fingerprint density at radius 1 is 1.31 bits per heavy atom. The highest BCUT2D eigenvalue weighted by Crippen LogP contribution is 2.25. The zero-order chi connectivity index (χ0) is 18.7. The normalized spacial score (nSPS) is 11.4. The van der Waals surface area contributed by atoms with Crippen LogP contribution in [0.4, 0.5) is 8.78 Å². The van der Waals surface area contributed by atoms with Gasteiger partial charge in [-0.05, 0) is 35.4 Å². The summed E-state index contributed by atoms with van der Waals surface area (Å²) >= 11 is 6.10. The quantitative estimate of drug-likeness (QED) is 0.485. The Labute approximate surface area is 153 Å². The molecule has 0 radical (unpaired) electrons. The molecule has 0 unspecified atom stereocenters. The number of rotatable bonds is 5. The molecule has 0 spiro atoms. The van der Waals surface area contributed by atoms with E-state index in [0.717, 1.165) is 5.39 Å². The highest BCUT2D eigenvalue weighted by Gasteiger charge is 2.12. The van der Waals surface area contributed by atoms with Crippen molar-refractivity contribution in [2.24, 2.45) is 0 Å². The predicted molar refractivity (Wildman–Crippen MR) is 96.1 cm³/mol. The van der Waals surface area contributed by atoms with E-state index in [-0.39, 0.29) is 11.6 Å². The van der Waals surface area contributed by atoms with E-state index in [1.165, 1.54) is 31.4 Å². The van der Waals surface area contributed by atoms with Crippen LogP contribution in [0.25, 0.3) is 17.0 Å². The maximum atomic E-state index is 13.3. The van der Waals surface area contributed by atoms with Gasteiger partial charge in [-0.15, -0.1) is 0 Å². The smallest absolute Gasteiger partial charge is 0.330 e. The van der Waals surface area contributed by atoms with Crippen molar-refractivity contribution in [3.63, 3.8) is 0 Å². The molecule has 0 atom stereocenters. The molecule has 0 saturated heterocycles. The Balaban J connectivity index is 2.08. The summed E-state index contributed by atoms with van der Waals surface area (Å²) in [6, 6.07) is 9.22. The topological polar surface area (TPSA) is 44.1 Å². The van der Waals surface area contributed by atoms with Gasteiger partial charge in [0.15, 0.2) is 0 Å². The second kappa shape index (κ2) is 7.66. The zero-order valence-corrected chi connectivity index (χ0v) is 14.6. The van der Waals surface area contributed by atoms with Crippen LogP contribution in [0.1, 0.15) is 16.8 Å². The zero-order valence-electron chi connectivity index (χ0n) is 13.9. The third-order valence-corrected chi connectivity index (χ3v) is 4.26. The monoisotopic (exact) mass is 376 g/mol. The molecule has 1 aromatic heterocycles. The third kappa shape index (κ3) is 3.75. The van der Waals surface area contributed by atoms with Crippen molar-refractivity contribution >= 4 is 34.5 Å². The summed E-state index contributed by atoms with van der Waals surface area (Å²) < 4.78 is 32.5. The molecule has 2 aromatic carbocycles. The van der Waals surface area contributed by atoms with Crippen LogP contribution < -0.4 is 0 Å². The summed E-state index contributed by atoms with van der Waals surface area (Å²) in [4.78, 5) is 11.3. The van der Waals surface area contributed by atoms with E-state index >= 15 is 0 Å². The summed E-state index contributed by atoms with van der Waals surface area (Å²) in [5.41, 5.74) is 2.40. The predicted octanol–water partition coefficient (Wildman–Crippen LogP) is 4.53. The highest BCUT2D eigenvalue weighted by molar-refractivity contribution is 6.31. The molecule has 134 valence electrons. The average Bonchev–Trinajstić information content (AvgIpc) is 2.98. The highest BCUT2D eigenvalue weighted by atomic mass is 35.5. The SMILES string of the molecule is COC(=O)/C=C/c1nn(Cc2ccc(F)cc2Cl)c2cc(CF)ccc12. The van der Waals surface area contributed by atoms with Gasteiger partial charge in [0.2, 0.25) is 0 Å². The molecular formula is C19H15ClF2N2O2. The molecule has 1 heterocycles. The van der Waals surface area contributed by atoms with Gasteiger partial charge in [0.1, 0.15) is 12.5 Å². The molecule has 0 N–H and O–H groups in total. The van der Waals surface area contributed by atoms with Crippen LogP contribution in [-0.4, -0.2) is 22.9 Å². The van der Waals surface area contributed by atoms with Gasteiger partial charge < -0.3 is 4.74 Å². The standard InChI is InChI=1S/C19H15ClF2N2O2/c1-26-19(25)7-6-17-15-5-2-12(10-21)8-18(15)24(23-17)11-13-3-4-14(22)9-16(13)20/h2-9H,10-11H2,1H3/b7-6+. The van der Waals surface area contributed by atoms with E-state index in [1.807, 2.05) is 0 Å². The Morgan fingerprint density at radius 3 is 2.81 bits per heavy atom. The first kappa shape index (κ1) is 18.1. The Hall–Kier alpha value is -2.73. The van der Waals surface area contributed by atoms with Gasteiger partial charge in [-0.2, -0.15) is 5.10 Å². The van der Waals surface area contributed by atoms with Crippen molar-refractivity contribution in [2.45, 2.75) is 13.2 Å². The van der Waals surface area contributed by atoms with Gasteiger partial charge in [-0.1, -0.05) is 29.8 Å². The van der Waals surface area contributed by atoms with Gasteiger partial charge >= 0.3 is 5.97 Å². The molecule has 0 amide bonds. The van der Waals surface area contributed by atoms with Gasteiger partial charge in [0.05, 0.1) is 24.9 Å². The summed E-state index contributed by atoms with van der Waals surface area (Å²) in [6.07, 6.45) is 2.80. The average molecular weight is 377 g/mol. The molecule has 4 nitrogen and oxygen atoms in total. The van der Waals surface area contributed by atoms with Gasteiger partial charge in [-0.3, -0.25) is 4.68 Å². The molecule has 0 saturated carbocycles. The Kier molecular flexibility index (Phi) is 5.32. The van der Waals surface area contributed by atoms with Crippen LogP contribution in [0.5, 0.6) is 0 Å². The van der Waals surface area contributed by atoms with Crippen molar-refractivity contribution in [3.05, 3.63) is 70.1 Å². The van der Waals surface area contributed by atoms with E-state index in [0.29, 0.717) is 22.3 Å².